The second kappa shape index (κ2) is 7.34. The maximum atomic E-state index is 12.2. The van der Waals surface area contributed by atoms with Gasteiger partial charge in [0.05, 0.1) is 0 Å². The molecule has 1 aliphatic heterocycles. The minimum absolute atomic E-state index is 0.183. The fourth-order valence-electron chi connectivity index (χ4n) is 3.21. The molecular formula is C17H24N4O2S. The normalized spacial score (nSPS) is 16.0. The third-order valence-corrected chi connectivity index (χ3v) is 5.34. The van der Waals surface area contributed by atoms with Crippen molar-refractivity contribution in [3.63, 3.8) is 0 Å². The van der Waals surface area contributed by atoms with E-state index in [0.717, 1.165) is 43.2 Å². The number of hydrogen-bond acceptors (Lipinski definition) is 4. The molecule has 0 unspecified atom stereocenters. The molecule has 3 rings (SSSR count). The van der Waals surface area contributed by atoms with E-state index in [1.54, 1.807) is 4.57 Å². The Hall–Kier alpha value is -1.89. The van der Waals surface area contributed by atoms with Crippen molar-refractivity contribution in [2.24, 2.45) is 11.8 Å². The molecule has 130 valence electrons. The molecule has 1 amide bonds. The third-order valence-electron chi connectivity index (χ3n) is 4.49. The molecule has 1 aliphatic rings. The number of carbonyl (C=O) groups excluding carboxylic acids is 1. The Balaban J connectivity index is 1.61. The van der Waals surface area contributed by atoms with E-state index >= 15 is 0 Å². The Morgan fingerprint density at radius 3 is 2.79 bits per heavy atom. The first-order valence-corrected chi connectivity index (χ1v) is 9.40. The molecule has 24 heavy (non-hydrogen) atoms. The number of carbonyl (C=O) groups is 1. The highest BCUT2D eigenvalue weighted by Crippen LogP contribution is 2.23. The Labute approximate surface area is 145 Å². The van der Waals surface area contributed by atoms with Crippen molar-refractivity contribution in [3.05, 3.63) is 33.8 Å². The molecule has 0 atom stereocenters. The Morgan fingerprint density at radius 2 is 2.17 bits per heavy atom. The first kappa shape index (κ1) is 17.0. The summed E-state index contributed by atoms with van der Waals surface area (Å²) in [6.45, 7) is 5.77. The molecule has 0 bridgehead atoms. The van der Waals surface area contributed by atoms with Gasteiger partial charge in [-0.05, 0) is 42.2 Å². The van der Waals surface area contributed by atoms with Crippen LogP contribution in [0.15, 0.2) is 22.3 Å². The number of aromatic nitrogens is 3. The lowest BCUT2D eigenvalue weighted by molar-refractivity contribution is -0.133. The summed E-state index contributed by atoms with van der Waals surface area (Å²) in [7, 11) is 0. The van der Waals surface area contributed by atoms with Gasteiger partial charge in [0.2, 0.25) is 5.91 Å². The SMILES string of the molecule is CC(C)CC(=O)N1CCC(Cc2n[nH]c(=O)n2-c2cccs2)CC1. The van der Waals surface area contributed by atoms with Crippen molar-refractivity contribution in [1.82, 2.24) is 19.7 Å². The smallest absolute Gasteiger partial charge is 0.343 e. The number of amides is 1. The molecule has 0 radical (unpaired) electrons. The average Bonchev–Trinajstić information content (AvgIpc) is 3.17. The predicted molar refractivity (Wildman–Crippen MR) is 94.5 cm³/mol. The molecule has 0 aromatic carbocycles. The van der Waals surface area contributed by atoms with E-state index in [4.69, 9.17) is 0 Å². The van der Waals surface area contributed by atoms with Crippen LogP contribution in [0.5, 0.6) is 0 Å². The van der Waals surface area contributed by atoms with Crippen LogP contribution in [-0.4, -0.2) is 38.7 Å². The maximum absolute atomic E-state index is 12.2. The van der Waals surface area contributed by atoms with Crippen LogP contribution >= 0.6 is 11.3 Å². The topological polar surface area (TPSA) is 71.0 Å². The fraction of sp³-hybridized carbons (Fsp3) is 0.588. The van der Waals surface area contributed by atoms with Gasteiger partial charge in [0, 0.05) is 25.9 Å². The van der Waals surface area contributed by atoms with E-state index in [1.807, 2.05) is 22.4 Å². The molecule has 2 aromatic heterocycles. The number of thiophene rings is 1. The van der Waals surface area contributed by atoms with Crippen molar-refractivity contribution < 1.29 is 4.79 Å². The van der Waals surface area contributed by atoms with E-state index in [2.05, 4.69) is 24.0 Å². The zero-order chi connectivity index (χ0) is 17.1. The van der Waals surface area contributed by atoms with Gasteiger partial charge in [-0.1, -0.05) is 13.8 Å². The van der Waals surface area contributed by atoms with Crippen molar-refractivity contribution >= 4 is 17.2 Å². The lowest BCUT2D eigenvalue weighted by atomic mass is 9.92. The standard InChI is InChI=1S/C17H24N4O2S/c1-12(2)10-15(22)20-7-5-13(6-8-20)11-14-18-19-17(23)21(14)16-4-3-9-24-16/h3-4,9,12-13H,5-8,10-11H2,1-2H3,(H,19,23). The van der Waals surface area contributed by atoms with Crippen LogP contribution < -0.4 is 5.69 Å². The zero-order valence-electron chi connectivity index (χ0n) is 14.2. The van der Waals surface area contributed by atoms with E-state index in [1.165, 1.54) is 11.3 Å². The lowest BCUT2D eigenvalue weighted by Crippen LogP contribution is -2.39. The Morgan fingerprint density at radius 1 is 1.42 bits per heavy atom. The fourth-order valence-corrected chi connectivity index (χ4v) is 3.96. The number of piperidine rings is 1. The minimum Gasteiger partial charge on any atom is -0.343 e. The molecule has 0 aliphatic carbocycles. The van der Waals surface area contributed by atoms with Crippen molar-refractivity contribution in [2.75, 3.05) is 13.1 Å². The number of hydrogen-bond donors (Lipinski definition) is 1. The van der Waals surface area contributed by atoms with Crippen LogP contribution in [0.1, 0.15) is 38.9 Å². The zero-order valence-corrected chi connectivity index (χ0v) is 15.0. The molecule has 1 N–H and O–H groups in total. The molecule has 1 saturated heterocycles. The minimum atomic E-state index is -0.183. The van der Waals surface area contributed by atoms with Gasteiger partial charge < -0.3 is 4.90 Å². The molecule has 1 fully saturated rings. The second-order valence-electron chi connectivity index (χ2n) is 6.86. The second-order valence-corrected chi connectivity index (χ2v) is 7.78. The number of likely N-dealkylation sites (tertiary alicyclic amines) is 1. The summed E-state index contributed by atoms with van der Waals surface area (Å²) in [5, 5.41) is 9.63. The van der Waals surface area contributed by atoms with Crippen LogP contribution in [-0.2, 0) is 11.2 Å². The molecule has 2 aromatic rings. The lowest BCUT2D eigenvalue weighted by Gasteiger charge is -2.32. The van der Waals surface area contributed by atoms with Crippen LogP contribution in [0, 0.1) is 11.8 Å². The van der Waals surface area contributed by atoms with Gasteiger partial charge in [-0.2, -0.15) is 5.10 Å². The van der Waals surface area contributed by atoms with Crippen LogP contribution in [0.25, 0.3) is 5.00 Å². The highest BCUT2D eigenvalue weighted by atomic mass is 32.1. The van der Waals surface area contributed by atoms with Gasteiger partial charge in [0.15, 0.2) is 0 Å². The molecule has 6 nitrogen and oxygen atoms in total. The van der Waals surface area contributed by atoms with Crippen molar-refractivity contribution in [3.8, 4) is 5.00 Å². The maximum Gasteiger partial charge on any atom is 0.348 e. The van der Waals surface area contributed by atoms with Gasteiger partial charge in [-0.3, -0.25) is 4.79 Å². The number of nitrogens with zero attached hydrogens (tertiary/aromatic N) is 3. The number of H-pyrrole nitrogens is 1. The third kappa shape index (κ3) is 3.77. The summed E-state index contributed by atoms with van der Waals surface area (Å²) in [4.78, 5) is 26.2. The summed E-state index contributed by atoms with van der Waals surface area (Å²) >= 11 is 1.53. The summed E-state index contributed by atoms with van der Waals surface area (Å²) in [5.74, 6) is 1.91. The van der Waals surface area contributed by atoms with E-state index in [9.17, 15) is 9.59 Å². The molecular weight excluding hydrogens is 324 g/mol. The van der Waals surface area contributed by atoms with Gasteiger partial charge in [0.25, 0.3) is 0 Å². The highest BCUT2D eigenvalue weighted by molar-refractivity contribution is 7.12. The number of aromatic amines is 1. The molecule has 0 spiro atoms. The summed E-state index contributed by atoms with van der Waals surface area (Å²) in [5.41, 5.74) is -0.183. The van der Waals surface area contributed by atoms with E-state index < -0.39 is 0 Å². The van der Waals surface area contributed by atoms with Crippen LogP contribution in [0.3, 0.4) is 0 Å². The van der Waals surface area contributed by atoms with Crippen LogP contribution in [0.4, 0.5) is 0 Å². The van der Waals surface area contributed by atoms with Gasteiger partial charge >= 0.3 is 5.69 Å². The van der Waals surface area contributed by atoms with E-state index in [-0.39, 0.29) is 11.6 Å². The first-order valence-electron chi connectivity index (χ1n) is 8.52. The monoisotopic (exact) mass is 348 g/mol. The molecule has 0 saturated carbocycles. The summed E-state index contributed by atoms with van der Waals surface area (Å²) < 4.78 is 1.67. The average molecular weight is 348 g/mol. The number of rotatable bonds is 5. The van der Waals surface area contributed by atoms with Gasteiger partial charge in [-0.15, -0.1) is 11.3 Å². The predicted octanol–water partition coefficient (Wildman–Crippen LogP) is 2.45. The van der Waals surface area contributed by atoms with Gasteiger partial charge in [0.1, 0.15) is 10.8 Å². The quantitative estimate of drug-likeness (QED) is 0.902. The van der Waals surface area contributed by atoms with Gasteiger partial charge in [-0.25, -0.2) is 14.5 Å². The Kier molecular flexibility index (Phi) is 5.18. The van der Waals surface area contributed by atoms with Crippen LogP contribution in [0.2, 0.25) is 0 Å². The number of nitrogens with one attached hydrogen (secondary N) is 1. The van der Waals surface area contributed by atoms with E-state index in [0.29, 0.717) is 18.3 Å². The largest absolute Gasteiger partial charge is 0.348 e. The Bertz CT molecular complexity index is 724. The molecule has 3 heterocycles. The summed E-state index contributed by atoms with van der Waals surface area (Å²) in [6, 6.07) is 3.86. The highest BCUT2D eigenvalue weighted by Gasteiger charge is 2.25. The van der Waals surface area contributed by atoms with Crippen molar-refractivity contribution in [1.29, 1.82) is 0 Å². The molecule has 7 heteroatoms. The van der Waals surface area contributed by atoms with Crippen molar-refractivity contribution in [2.45, 2.75) is 39.5 Å². The first-order chi connectivity index (χ1) is 11.5. The summed E-state index contributed by atoms with van der Waals surface area (Å²) in [6.07, 6.45) is 3.33.